The van der Waals surface area contributed by atoms with Gasteiger partial charge in [0.05, 0.1) is 12.3 Å². The molecule has 0 aliphatic heterocycles. The van der Waals surface area contributed by atoms with Crippen molar-refractivity contribution in [2.24, 2.45) is 5.92 Å². The smallest absolute Gasteiger partial charge is 0.109 e. The maximum Gasteiger partial charge on any atom is 0.109 e. The average molecular weight is 246 g/mol. The summed E-state index contributed by atoms with van der Waals surface area (Å²) in [6.07, 6.45) is 8.28. The van der Waals surface area contributed by atoms with Crippen molar-refractivity contribution in [3.8, 4) is 6.07 Å². The summed E-state index contributed by atoms with van der Waals surface area (Å²) in [5.74, 6) is 0.451. The molecule has 4 nitrogen and oxygen atoms in total. The molecule has 18 heavy (non-hydrogen) atoms. The normalized spacial score (nSPS) is 27.3. The number of hydrogen-bond donors (Lipinski definition) is 1. The Balaban J connectivity index is 1.97. The molecule has 2 unspecified atom stereocenters. The molecule has 0 amide bonds. The van der Waals surface area contributed by atoms with Gasteiger partial charge in [-0.1, -0.05) is 13.3 Å². The Morgan fingerprint density at radius 1 is 1.67 bits per heavy atom. The zero-order valence-electron chi connectivity index (χ0n) is 11.3. The fourth-order valence-corrected chi connectivity index (χ4v) is 3.08. The lowest BCUT2D eigenvalue weighted by Gasteiger charge is -2.29. The second-order valence-electron chi connectivity index (χ2n) is 5.27. The van der Waals surface area contributed by atoms with Crippen LogP contribution in [0.4, 0.5) is 0 Å². The standard InChI is InChI=1S/C14H22N4/c1-3-16-14(11-15)7-4-5-13(14)6-8-18-10-12(2)9-17-18/h9-10,13,16H,3-8H2,1-2H3. The van der Waals surface area contributed by atoms with Crippen LogP contribution in [0.25, 0.3) is 0 Å². The summed E-state index contributed by atoms with van der Waals surface area (Å²) in [4.78, 5) is 0. The van der Waals surface area contributed by atoms with Gasteiger partial charge in [0.25, 0.3) is 0 Å². The minimum atomic E-state index is -0.295. The predicted octanol–water partition coefficient (Wildman–Crippen LogP) is 2.25. The minimum Gasteiger partial charge on any atom is -0.299 e. The lowest BCUT2D eigenvalue weighted by Crippen LogP contribution is -2.47. The second kappa shape index (κ2) is 5.53. The lowest BCUT2D eigenvalue weighted by atomic mass is 9.86. The number of nitriles is 1. The van der Waals surface area contributed by atoms with Gasteiger partial charge in [-0.3, -0.25) is 10.00 Å². The number of aryl methyl sites for hydroxylation is 2. The topological polar surface area (TPSA) is 53.6 Å². The monoisotopic (exact) mass is 246 g/mol. The number of aromatic nitrogens is 2. The zero-order chi connectivity index (χ0) is 13.0. The molecule has 2 atom stereocenters. The highest BCUT2D eigenvalue weighted by Crippen LogP contribution is 2.37. The van der Waals surface area contributed by atoms with Gasteiger partial charge < -0.3 is 0 Å². The van der Waals surface area contributed by atoms with E-state index in [1.165, 1.54) is 5.56 Å². The first kappa shape index (κ1) is 13.1. The maximum atomic E-state index is 9.48. The van der Waals surface area contributed by atoms with Crippen molar-refractivity contribution < 1.29 is 0 Å². The molecule has 1 heterocycles. The van der Waals surface area contributed by atoms with Gasteiger partial charge in [-0.15, -0.1) is 0 Å². The molecule has 0 saturated heterocycles. The van der Waals surface area contributed by atoms with Gasteiger partial charge in [-0.25, -0.2) is 0 Å². The van der Waals surface area contributed by atoms with E-state index in [-0.39, 0.29) is 5.54 Å². The zero-order valence-corrected chi connectivity index (χ0v) is 11.3. The van der Waals surface area contributed by atoms with Crippen molar-refractivity contribution in [2.75, 3.05) is 6.54 Å². The van der Waals surface area contributed by atoms with Crippen molar-refractivity contribution >= 4 is 0 Å². The molecule has 2 rings (SSSR count). The van der Waals surface area contributed by atoms with Crippen LogP contribution in [0.15, 0.2) is 12.4 Å². The molecule has 1 aromatic rings. The van der Waals surface area contributed by atoms with Crippen LogP contribution in [0.5, 0.6) is 0 Å². The summed E-state index contributed by atoms with van der Waals surface area (Å²) in [5.41, 5.74) is 0.899. The van der Waals surface area contributed by atoms with Gasteiger partial charge in [0, 0.05) is 12.7 Å². The van der Waals surface area contributed by atoms with E-state index in [2.05, 4.69) is 36.5 Å². The minimum absolute atomic E-state index is 0.295. The summed E-state index contributed by atoms with van der Waals surface area (Å²) < 4.78 is 1.99. The van der Waals surface area contributed by atoms with Crippen molar-refractivity contribution in [1.29, 1.82) is 5.26 Å². The molecule has 1 N–H and O–H groups in total. The van der Waals surface area contributed by atoms with Crippen molar-refractivity contribution in [3.63, 3.8) is 0 Å². The largest absolute Gasteiger partial charge is 0.299 e. The fraction of sp³-hybridized carbons (Fsp3) is 0.714. The summed E-state index contributed by atoms with van der Waals surface area (Å²) in [6.45, 7) is 5.90. The van der Waals surface area contributed by atoms with Gasteiger partial charge in [-0.05, 0) is 44.2 Å². The lowest BCUT2D eigenvalue weighted by molar-refractivity contribution is 0.291. The molecule has 1 aromatic heterocycles. The summed E-state index contributed by atoms with van der Waals surface area (Å²) >= 11 is 0. The molecule has 1 saturated carbocycles. The Morgan fingerprint density at radius 3 is 3.11 bits per heavy atom. The van der Waals surface area contributed by atoms with E-state index in [1.807, 2.05) is 10.9 Å². The molecule has 1 fully saturated rings. The first-order valence-electron chi connectivity index (χ1n) is 6.85. The Morgan fingerprint density at radius 2 is 2.50 bits per heavy atom. The molecule has 1 aliphatic carbocycles. The van der Waals surface area contributed by atoms with E-state index in [4.69, 9.17) is 0 Å². The van der Waals surface area contributed by atoms with Gasteiger partial charge in [-0.2, -0.15) is 10.4 Å². The van der Waals surface area contributed by atoms with E-state index in [0.29, 0.717) is 5.92 Å². The SMILES string of the molecule is CCNC1(C#N)CCCC1CCn1cc(C)cn1. The quantitative estimate of drug-likeness (QED) is 0.867. The van der Waals surface area contributed by atoms with E-state index in [0.717, 1.165) is 38.8 Å². The number of rotatable bonds is 5. The molecule has 0 radical (unpaired) electrons. The van der Waals surface area contributed by atoms with Gasteiger partial charge in [0.2, 0.25) is 0 Å². The third kappa shape index (κ3) is 2.56. The van der Waals surface area contributed by atoms with Crippen LogP contribution in [0.2, 0.25) is 0 Å². The molecule has 0 aromatic carbocycles. The molecule has 0 spiro atoms. The Hall–Kier alpha value is -1.34. The van der Waals surface area contributed by atoms with Crippen molar-refractivity contribution in [1.82, 2.24) is 15.1 Å². The third-order valence-electron chi connectivity index (χ3n) is 3.98. The highest BCUT2D eigenvalue weighted by molar-refractivity contribution is 5.14. The Kier molecular flexibility index (Phi) is 4.03. The van der Waals surface area contributed by atoms with E-state index >= 15 is 0 Å². The Labute approximate surface area is 109 Å². The van der Waals surface area contributed by atoms with E-state index in [1.54, 1.807) is 0 Å². The molecular formula is C14H22N4. The number of nitrogens with zero attached hydrogens (tertiary/aromatic N) is 3. The van der Waals surface area contributed by atoms with E-state index in [9.17, 15) is 5.26 Å². The highest BCUT2D eigenvalue weighted by Gasteiger charge is 2.42. The molecule has 4 heteroatoms. The van der Waals surface area contributed by atoms with Crippen LogP contribution >= 0.6 is 0 Å². The molecule has 98 valence electrons. The van der Waals surface area contributed by atoms with Crippen LogP contribution in [-0.4, -0.2) is 21.9 Å². The summed E-state index contributed by atoms with van der Waals surface area (Å²) in [6, 6.07) is 2.53. The first-order valence-corrected chi connectivity index (χ1v) is 6.85. The van der Waals surface area contributed by atoms with E-state index < -0.39 is 0 Å². The maximum absolute atomic E-state index is 9.48. The summed E-state index contributed by atoms with van der Waals surface area (Å²) in [5, 5.41) is 17.2. The van der Waals surface area contributed by atoms with Crippen LogP contribution in [0.3, 0.4) is 0 Å². The van der Waals surface area contributed by atoms with Crippen molar-refractivity contribution in [3.05, 3.63) is 18.0 Å². The highest BCUT2D eigenvalue weighted by atomic mass is 15.3. The molecule has 1 aliphatic rings. The fourth-order valence-electron chi connectivity index (χ4n) is 3.08. The third-order valence-corrected chi connectivity index (χ3v) is 3.98. The molecule has 0 bridgehead atoms. The van der Waals surface area contributed by atoms with Crippen LogP contribution < -0.4 is 5.32 Å². The summed E-state index contributed by atoms with van der Waals surface area (Å²) in [7, 11) is 0. The van der Waals surface area contributed by atoms with Gasteiger partial charge >= 0.3 is 0 Å². The number of nitrogens with one attached hydrogen (secondary N) is 1. The van der Waals surface area contributed by atoms with Gasteiger partial charge in [0.1, 0.15) is 5.54 Å². The second-order valence-corrected chi connectivity index (χ2v) is 5.27. The average Bonchev–Trinajstić information content (AvgIpc) is 2.94. The molecular weight excluding hydrogens is 224 g/mol. The van der Waals surface area contributed by atoms with Crippen molar-refractivity contribution in [2.45, 2.75) is 51.6 Å². The first-order chi connectivity index (χ1) is 8.70. The van der Waals surface area contributed by atoms with Gasteiger partial charge in [0.15, 0.2) is 0 Å². The van der Waals surface area contributed by atoms with Crippen LogP contribution in [-0.2, 0) is 6.54 Å². The Bertz CT molecular complexity index is 431. The van der Waals surface area contributed by atoms with Crippen LogP contribution in [0.1, 0.15) is 38.2 Å². The van der Waals surface area contributed by atoms with Crippen LogP contribution in [0, 0.1) is 24.2 Å². The predicted molar refractivity (Wildman–Crippen MR) is 70.9 cm³/mol. The number of hydrogen-bond acceptors (Lipinski definition) is 3.